The SMILES string of the molecule is C[C@]12CCCC[C@@H]1CC[C@@H]1[C@@H]2CC[C@]2(C)[C@@H](c3ccsc3)CC[C@@H]12. The van der Waals surface area contributed by atoms with Crippen LogP contribution in [0.4, 0.5) is 0 Å². The van der Waals surface area contributed by atoms with Gasteiger partial charge in [0.25, 0.3) is 0 Å². The molecule has 4 saturated carbocycles. The van der Waals surface area contributed by atoms with Gasteiger partial charge in [0.15, 0.2) is 0 Å². The van der Waals surface area contributed by atoms with Crippen molar-refractivity contribution in [3.05, 3.63) is 22.4 Å². The fraction of sp³-hybridized carbons (Fsp3) is 0.826. The molecule has 0 bridgehead atoms. The lowest BCUT2D eigenvalue weighted by Crippen LogP contribution is -2.52. The van der Waals surface area contributed by atoms with Crippen LogP contribution < -0.4 is 0 Å². The molecule has 0 amide bonds. The van der Waals surface area contributed by atoms with Gasteiger partial charge in [0.05, 0.1) is 0 Å². The van der Waals surface area contributed by atoms with Crippen LogP contribution >= 0.6 is 11.3 Å². The van der Waals surface area contributed by atoms with Crippen molar-refractivity contribution in [3.8, 4) is 0 Å². The summed E-state index contributed by atoms with van der Waals surface area (Å²) >= 11 is 1.90. The predicted molar refractivity (Wildman–Crippen MR) is 103 cm³/mol. The summed E-state index contributed by atoms with van der Waals surface area (Å²) in [6.07, 6.45) is 15.2. The first-order valence-electron chi connectivity index (χ1n) is 10.6. The van der Waals surface area contributed by atoms with Crippen LogP contribution in [0.3, 0.4) is 0 Å². The Kier molecular flexibility index (Phi) is 3.71. The molecular weight excluding hydrogens is 308 g/mol. The molecule has 0 aliphatic heterocycles. The largest absolute Gasteiger partial charge is 0.152 e. The Morgan fingerprint density at radius 2 is 1.75 bits per heavy atom. The lowest BCUT2D eigenvalue weighted by atomic mass is 9.45. The van der Waals surface area contributed by atoms with Gasteiger partial charge in [0, 0.05) is 0 Å². The molecule has 1 aromatic rings. The van der Waals surface area contributed by atoms with Crippen LogP contribution in [-0.4, -0.2) is 0 Å². The number of hydrogen-bond donors (Lipinski definition) is 0. The van der Waals surface area contributed by atoms with E-state index in [1.54, 1.807) is 24.8 Å². The molecule has 132 valence electrons. The van der Waals surface area contributed by atoms with Gasteiger partial charge in [-0.05, 0) is 114 Å². The monoisotopic (exact) mass is 342 g/mol. The summed E-state index contributed by atoms with van der Waals surface area (Å²) in [7, 11) is 0. The topological polar surface area (TPSA) is 0 Å². The Morgan fingerprint density at radius 3 is 2.58 bits per heavy atom. The van der Waals surface area contributed by atoms with Crippen LogP contribution in [0.25, 0.3) is 0 Å². The molecule has 0 spiro atoms. The molecule has 4 fully saturated rings. The number of rotatable bonds is 1. The molecule has 1 aromatic heterocycles. The van der Waals surface area contributed by atoms with Gasteiger partial charge < -0.3 is 0 Å². The maximum absolute atomic E-state index is 2.71. The van der Waals surface area contributed by atoms with Crippen molar-refractivity contribution in [2.75, 3.05) is 0 Å². The molecule has 0 N–H and O–H groups in total. The van der Waals surface area contributed by atoms with Crippen LogP contribution in [-0.2, 0) is 0 Å². The van der Waals surface area contributed by atoms with E-state index in [0.717, 1.165) is 29.6 Å². The van der Waals surface area contributed by atoms with E-state index in [2.05, 4.69) is 30.7 Å². The van der Waals surface area contributed by atoms with Gasteiger partial charge in [-0.25, -0.2) is 0 Å². The summed E-state index contributed by atoms with van der Waals surface area (Å²) in [4.78, 5) is 0. The van der Waals surface area contributed by atoms with Gasteiger partial charge in [-0.3, -0.25) is 0 Å². The fourth-order valence-electron chi connectivity index (χ4n) is 8.32. The normalized spacial score (nSPS) is 50.8. The summed E-state index contributed by atoms with van der Waals surface area (Å²) in [5, 5.41) is 4.75. The van der Waals surface area contributed by atoms with Crippen molar-refractivity contribution in [1.82, 2.24) is 0 Å². The van der Waals surface area contributed by atoms with Crippen molar-refractivity contribution in [2.24, 2.45) is 34.5 Å². The first-order chi connectivity index (χ1) is 11.6. The zero-order chi connectivity index (χ0) is 16.4. The lowest BCUT2D eigenvalue weighted by Gasteiger charge is -2.60. The Morgan fingerprint density at radius 1 is 0.875 bits per heavy atom. The standard InChI is InChI=1S/C23H34S/c1-22-12-4-3-5-17(22)6-7-18-20-9-8-19(16-11-14-24-15-16)23(20,2)13-10-21(18)22/h11,14-15,17-21H,3-10,12-13H2,1-2H3/t17-,18+,19-,20+,21+,22+,23-/m1/s1. The summed E-state index contributed by atoms with van der Waals surface area (Å²) in [6, 6.07) is 2.43. The van der Waals surface area contributed by atoms with Crippen molar-refractivity contribution >= 4 is 11.3 Å². The summed E-state index contributed by atoms with van der Waals surface area (Å²) < 4.78 is 0. The minimum Gasteiger partial charge on any atom is -0.152 e. The Bertz CT molecular complexity index is 589. The Balaban J connectivity index is 1.45. The maximum Gasteiger partial charge on any atom is -0.00582 e. The van der Waals surface area contributed by atoms with Crippen LogP contribution in [0.2, 0.25) is 0 Å². The summed E-state index contributed by atoms with van der Waals surface area (Å²) in [6.45, 7) is 5.39. The lowest BCUT2D eigenvalue weighted by molar-refractivity contribution is -0.105. The second-order valence-corrected chi connectivity index (χ2v) is 10.9. The van der Waals surface area contributed by atoms with Crippen LogP contribution in [0.15, 0.2) is 16.8 Å². The highest BCUT2D eigenvalue weighted by Crippen LogP contribution is 2.69. The van der Waals surface area contributed by atoms with Gasteiger partial charge in [-0.1, -0.05) is 26.7 Å². The molecule has 7 atom stereocenters. The third-order valence-electron chi connectivity index (χ3n) is 9.53. The first kappa shape index (κ1) is 15.9. The molecule has 1 heteroatoms. The van der Waals surface area contributed by atoms with Crippen molar-refractivity contribution < 1.29 is 0 Å². The van der Waals surface area contributed by atoms with E-state index >= 15 is 0 Å². The molecule has 0 unspecified atom stereocenters. The quantitative estimate of drug-likeness (QED) is 0.503. The van der Waals surface area contributed by atoms with E-state index in [4.69, 9.17) is 0 Å². The molecule has 4 aliphatic carbocycles. The van der Waals surface area contributed by atoms with Crippen molar-refractivity contribution in [3.63, 3.8) is 0 Å². The fourth-order valence-corrected chi connectivity index (χ4v) is 9.03. The Hall–Kier alpha value is -0.300. The number of hydrogen-bond acceptors (Lipinski definition) is 1. The summed E-state index contributed by atoms with van der Waals surface area (Å²) in [5.74, 6) is 5.03. The minimum atomic E-state index is 0.597. The zero-order valence-corrected chi connectivity index (χ0v) is 16.4. The van der Waals surface area contributed by atoms with Crippen LogP contribution in [0.5, 0.6) is 0 Å². The average Bonchev–Trinajstić information content (AvgIpc) is 3.20. The second kappa shape index (κ2) is 5.60. The maximum atomic E-state index is 2.71. The average molecular weight is 343 g/mol. The second-order valence-electron chi connectivity index (χ2n) is 10.1. The van der Waals surface area contributed by atoms with Gasteiger partial charge in [-0.2, -0.15) is 11.3 Å². The molecule has 0 radical (unpaired) electrons. The summed E-state index contributed by atoms with van der Waals surface area (Å²) in [5.41, 5.74) is 2.96. The van der Waals surface area contributed by atoms with Crippen LogP contribution in [0, 0.1) is 34.5 Å². The van der Waals surface area contributed by atoms with Gasteiger partial charge in [0.2, 0.25) is 0 Å². The molecule has 4 aliphatic rings. The molecular formula is C23H34S. The predicted octanol–water partition coefficient (Wildman–Crippen LogP) is 7.26. The van der Waals surface area contributed by atoms with Crippen LogP contribution in [0.1, 0.15) is 89.5 Å². The van der Waals surface area contributed by atoms with E-state index in [-0.39, 0.29) is 0 Å². The zero-order valence-electron chi connectivity index (χ0n) is 15.6. The van der Waals surface area contributed by atoms with E-state index in [0.29, 0.717) is 10.8 Å². The molecule has 5 rings (SSSR count). The van der Waals surface area contributed by atoms with Gasteiger partial charge >= 0.3 is 0 Å². The van der Waals surface area contributed by atoms with E-state index in [1.807, 2.05) is 11.3 Å². The van der Waals surface area contributed by atoms with E-state index in [9.17, 15) is 0 Å². The Labute approximate surface area is 152 Å². The minimum absolute atomic E-state index is 0.597. The van der Waals surface area contributed by atoms with E-state index < -0.39 is 0 Å². The molecule has 24 heavy (non-hydrogen) atoms. The highest BCUT2D eigenvalue weighted by atomic mass is 32.1. The smallest absolute Gasteiger partial charge is 0.00582 e. The molecule has 0 aromatic carbocycles. The van der Waals surface area contributed by atoms with Gasteiger partial charge in [-0.15, -0.1) is 0 Å². The first-order valence-corrected chi connectivity index (χ1v) is 11.6. The molecule has 0 nitrogen and oxygen atoms in total. The number of thiophene rings is 1. The molecule has 0 saturated heterocycles. The highest BCUT2D eigenvalue weighted by molar-refractivity contribution is 7.08. The third kappa shape index (κ3) is 2.09. The van der Waals surface area contributed by atoms with E-state index in [1.165, 1.54) is 44.9 Å². The van der Waals surface area contributed by atoms with Crippen molar-refractivity contribution in [1.29, 1.82) is 0 Å². The van der Waals surface area contributed by atoms with Crippen molar-refractivity contribution in [2.45, 2.75) is 84.0 Å². The highest BCUT2D eigenvalue weighted by Gasteiger charge is 2.59. The van der Waals surface area contributed by atoms with Gasteiger partial charge in [0.1, 0.15) is 0 Å². The number of fused-ring (bicyclic) bond motifs is 5. The third-order valence-corrected chi connectivity index (χ3v) is 10.2. The molecule has 1 heterocycles.